The summed E-state index contributed by atoms with van der Waals surface area (Å²) in [6.07, 6.45) is 5.81. The molecule has 10 rings (SSSR count). The van der Waals surface area contributed by atoms with Gasteiger partial charge >= 0.3 is 0 Å². The molecule has 0 aliphatic carbocycles. The lowest BCUT2D eigenvalue weighted by Gasteiger charge is -2.18. The minimum absolute atomic E-state index is 0.173. The highest BCUT2D eigenvalue weighted by molar-refractivity contribution is 5.95. The molecule has 0 saturated heterocycles. The number of phenols is 1. The van der Waals surface area contributed by atoms with E-state index < -0.39 is 0 Å². The summed E-state index contributed by atoms with van der Waals surface area (Å²) >= 11 is 0. The fraction of sp³-hybridized carbons (Fsp3) is 0. The van der Waals surface area contributed by atoms with Crippen molar-refractivity contribution < 1.29 is 5.11 Å². The van der Waals surface area contributed by atoms with Crippen LogP contribution in [0.5, 0.6) is 5.75 Å². The molecule has 3 aromatic heterocycles. The Bertz CT molecular complexity index is 2940. The largest absolute Gasteiger partial charge is 0.506 e. The number of hydrogen-bond acceptors (Lipinski definition) is 4. The van der Waals surface area contributed by atoms with Gasteiger partial charge in [-0.1, -0.05) is 158 Å². The second-order valence-corrected chi connectivity index (χ2v) is 14.6. The highest BCUT2D eigenvalue weighted by Crippen LogP contribution is 2.42. The van der Waals surface area contributed by atoms with Crippen LogP contribution in [0.4, 0.5) is 0 Å². The van der Waals surface area contributed by atoms with E-state index in [1.165, 1.54) is 0 Å². The topological polar surface area (TPSA) is 58.9 Å². The Morgan fingerprint density at radius 2 is 0.661 bits per heavy atom. The van der Waals surface area contributed by atoms with E-state index in [1.807, 2.05) is 67.1 Å². The van der Waals surface area contributed by atoms with Gasteiger partial charge in [0.25, 0.3) is 0 Å². The van der Waals surface area contributed by atoms with Gasteiger partial charge in [-0.15, -0.1) is 0 Å². The van der Waals surface area contributed by atoms with E-state index in [4.69, 9.17) is 15.0 Å². The van der Waals surface area contributed by atoms with Crippen LogP contribution in [0, 0.1) is 0 Å². The van der Waals surface area contributed by atoms with Gasteiger partial charge in [-0.2, -0.15) is 0 Å². The summed E-state index contributed by atoms with van der Waals surface area (Å²) in [6.45, 7) is 0. The first-order chi connectivity index (χ1) is 29.2. The van der Waals surface area contributed by atoms with Gasteiger partial charge in [-0.25, -0.2) is 0 Å². The molecule has 0 aliphatic rings. The van der Waals surface area contributed by atoms with E-state index in [9.17, 15) is 5.11 Å². The first-order valence-corrected chi connectivity index (χ1v) is 19.7. The van der Waals surface area contributed by atoms with Crippen LogP contribution in [-0.2, 0) is 0 Å². The molecule has 278 valence electrons. The number of phenolic OH excluding ortho intramolecular Hbond substituents is 1. The van der Waals surface area contributed by atoms with Gasteiger partial charge in [0.2, 0.25) is 0 Å². The van der Waals surface area contributed by atoms with Crippen molar-refractivity contribution in [1.29, 1.82) is 0 Å². The first-order valence-electron chi connectivity index (χ1n) is 19.7. The third-order valence-corrected chi connectivity index (χ3v) is 10.9. The third-order valence-electron chi connectivity index (χ3n) is 10.9. The first kappa shape index (κ1) is 35.5. The molecule has 59 heavy (non-hydrogen) atoms. The number of rotatable bonds is 8. The van der Waals surface area contributed by atoms with E-state index in [1.54, 1.807) is 6.07 Å². The predicted octanol–water partition coefficient (Wildman–Crippen LogP) is 14.1. The van der Waals surface area contributed by atoms with Crippen molar-refractivity contribution in [2.75, 3.05) is 0 Å². The van der Waals surface area contributed by atoms with Crippen molar-refractivity contribution >= 4 is 10.9 Å². The third kappa shape index (κ3) is 7.05. The van der Waals surface area contributed by atoms with Crippen LogP contribution < -0.4 is 0 Å². The summed E-state index contributed by atoms with van der Waals surface area (Å²) < 4.78 is 0. The SMILES string of the molecule is Oc1cccc2cc(-c3ccccc3-c3cc(-c4ccccc4-c4ccc(-c5ccccc5)nc4)cc(-c4ccccc4-c4ccc(-c5ccccc5)nc4)c3)cnc12. The Balaban J connectivity index is 1.14. The maximum atomic E-state index is 10.5. The molecular weight excluding hydrogens is 719 g/mol. The van der Waals surface area contributed by atoms with Crippen molar-refractivity contribution in [1.82, 2.24) is 15.0 Å². The standard InChI is InChI=1S/C55H37N3O/c59-54-25-13-18-39-30-45(36-58-55(39)54)51-24-12-11-23-50(51)44-32-42(48-21-9-7-19-46(48)40-26-28-52(56-34-40)37-14-3-1-4-15-37)31-43(33-44)49-22-10-8-20-47(49)41-27-29-53(57-35-41)38-16-5-2-6-17-38/h1-36,59H. The summed E-state index contributed by atoms with van der Waals surface area (Å²) in [5, 5.41) is 11.4. The van der Waals surface area contributed by atoms with Crippen LogP contribution in [-0.4, -0.2) is 20.1 Å². The lowest BCUT2D eigenvalue weighted by Crippen LogP contribution is -1.93. The van der Waals surface area contributed by atoms with Crippen LogP contribution in [0.15, 0.2) is 219 Å². The van der Waals surface area contributed by atoms with Crippen LogP contribution in [0.2, 0.25) is 0 Å². The number of aromatic nitrogens is 3. The van der Waals surface area contributed by atoms with Crippen LogP contribution in [0.25, 0.3) is 100 Å². The molecule has 0 saturated carbocycles. The number of benzene rings is 7. The van der Waals surface area contributed by atoms with Crippen molar-refractivity contribution in [3.8, 4) is 95.0 Å². The quantitative estimate of drug-likeness (QED) is 0.168. The minimum atomic E-state index is 0.173. The molecule has 0 spiro atoms. The molecule has 0 bridgehead atoms. The maximum absolute atomic E-state index is 10.5. The van der Waals surface area contributed by atoms with Crippen LogP contribution in [0.1, 0.15) is 0 Å². The molecule has 4 heteroatoms. The zero-order valence-electron chi connectivity index (χ0n) is 32.1. The van der Waals surface area contributed by atoms with Crippen molar-refractivity contribution in [3.63, 3.8) is 0 Å². The molecule has 0 amide bonds. The van der Waals surface area contributed by atoms with Crippen LogP contribution >= 0.6 is 0 Å². The molecule has 0 fully saturated rings. The normalized spacial score (nSPS) is 11.1. The number of fused-ring (bicyclic) bond motifs is 1. The van der Waals surface area contributed by atoms with Crippen molar-refractivity contribution in [2.45, 2.75) is 0 Å². The van der Waals surface area contributed by atoms with Gasteiger partial charge < -0.3 is 5.11 Å². The maximum Gasteiger partial charge on any atom is 0.141 e. The zero-order chi connectivity index (χ0) is 39.5. The summed E-state index contributed by atoms with van der Waals surface area (Å²) in [7, 11) is 0. The van der Waals surface area contributed by atoms with Crippen LogP contribution in [0.3, 0.4) is 0 Å². The smallest absolute Gasteiger partial charge is 0.141 e. The molecule has 3 heterocycles. The summed E-state index contributed by atoms with van der Waals surface area (Å²) in [6, 6.07) is 69.3. The molecule has 0 radical (unpaired) electrons. The van der Waals surface area contributed by atoms with Gasteiger partial charge in [0.15, 0.2) is 0 Å². The number of aromatic hydroxyl groups is 1. The molecule has 7 aromatic carbocycles. The number of nitrogens with zero attached hydrogens (tertiary/aromatic N) is 3. The molecule has 0 atom stereocenters. The van der Waals surface area contributed by atoms with Crippen molar-refractivity contribution in [3.05, 3.63) is 219 Å². The van der Waals surface area contributed by atoms with E-state index >= 15 is 0 Å². The number of hydrogen-bond donors (Lipinski definition) is 1. The van der Waals surface area contributed by atoms with Gasteiger partial charge in [0, 0.05) is 51.8 Å². The molecule has 0 unspecified atom stereocenters. The summed E-state index contributed by atoms with van der Waals surface area (Å²) in [5.74, 6) is 0.173. The highest BCUT2D eigenvalue weighted by atomic mass is 16.3. The Hall–Kier alpha value is -7.95. The Kier molecular flexibility index (Phi) is 9.34. The molecular formula is C55H37N3O. The van der Waals surface area contributed by atoms with Gasteiger partial charge in [0.1, 0.15) is 11.3 Å². The molecule has 0 aliphatic heterocycles. The van der Waals surface area contributed by atoms with Gasteiger partial charge in [0.05, 0.1) is 11.4 Å². The van der Waals surface area contributed by atoms with Crippen molar-refractivity contribution in [2.24, 2.45) is 0 Å². The Labute approximate surface area is 343 Å². The minimum Gasteiger partial charge on any atom is -0.506 e. The molecule has 10 aromatic rings. The van der Waals surface area contributed by atoms with E-state index in [0.717, 1.165) is 94.7 Å². The summed E-state index contributed by atoms with van der Waals surface area (Å²) in [5.41, 5.74) is 17.5. The fourth-order valence-corrected chi connectivity index (χ4v) is 8.01. The second-order valence-electron chi connectivity index (χ2n) is 14.6. The van der Waals surface area contributed by atoms with Gasteiger partial charge in [-0.3, -0.25) is 15.0 Å². The Morgan fingerprint density at radius 3 is 1.08 bits per heavy atom. The molecule has 4 nitrogen and oxygen atoms in total. The van der Waals surface area contributed by atoms with Gasteiger partial charge in [-0.05, 0) is 92.5 Å². The van der Waals surface area contributed by atoms with E-state index in [0.29, 0.717) is 5.52 Å². The lowest BCUT2D eigenvalue weighted by molar-refractivity contribution is 0.480. The molecule has 1 N–H and O–H groups in total. The predicted molar refractivity (Wildman–Crippen MR) is 242 cm³/mol. The average Bonchev–Trinajstić information content (AvgIpc) is 3.32. The number of pyridine rings is 3. The van der Waals surface area contributed by atoms with E-state index in [-0.39, 0.29) is 5.75 Å². The van der Waals surface area contributed by atoms with E-state index in [2.05, 4.69) is 146 Å². The Morgan fingerprint density at radius 1 is 0.271 bits per heavy atom. The highest BCUT2D eigenvalue weighted by Gasteiger charge is 2.17. The zero-order valence-corrected chi connectivity index (χ0v) is 32.1. The monoisotopic (exact) mass is 755 g/mol. The summed E-state index contributed by atoms with van der Waals surface area (Å²) in [4.78, 5) is 14.5. The number of para-hydroxylation sites is 1. The average molecular weight is 756 g/mol. The second kappa shape index (κ2) is 15.5. The fourth-order valence-electron chi connectivity index (χ4n) is 8.01. The lowest BCUT2D eigenvalue weighted by atomic mass is 9.86.